The van der Waals surface area contributed by atoms with Crippen LogP contribution < -0.4 is 10.6 Å². The summed E-state index contributed by atoms with van der Waals surface area (Å²) < 4.78 is 0. The Morgan fingerprint density at radius 3 is 2.15 bits per heavy atom. The quantitative estimate of drug-likeness (QED) is 0.804. The summed E-state index contributed by atoms with van der Waals surface area (Å²) in [6.45, 7) is 8.86. The number of nitrogens with zero attached hydrogens (tertiary/aromatic N) is 1. The number of anilines is 3. The van der Waals surface area contributed by atoms with Gasteiger partial charge in [-0.2, -0.15) is 0 Å². The lowest BCUT2D eigenvalue weighted by atomic mass is 9.86. The molecule has 0 bridgehead atoms. The lowest BCUT2D eigenvalue weighted by molar-refractivity contribution is 0.590. The molecule has 0 saturated heterocycles. The van der Waals surface area contributed by atoms with Crippen LogP contribution in [0.3, 0.4) is 0 Å². The molecule has 0 unspecified atom stereocenters. The fraction of sp³-hybridized carbons (Fsp3) is 0.333. The summed E-state index contributed by atoms with van der Waals surface area (Å²) in [6.07, 6.45) is 0. The van der Waals surface area contributed by atoms with Crippen LogP contribution in [0.15, 0.2) is 42.5 Å². The van der Waals surface area contributed by atoms with Crippen LogP contribution >= 0.6 is 0 Å². The number of nitrogens with two attached hydrogens (primary N) is 1. The van der Waals surface area contributed by atoms with E-state index in [1.807, 2.05) is 24.3 Å². The smallest absolute Gasteiger partial charge is 0.0641 e. The van der Waals surface area contributed by atoms with E-state index in [1.54, 1.807) is 0 Å². The van der Waals surface area contributed by atoms with Crippen LogP contribution in [0, 0.1) is 6.92 Å². The van der Waals surface area contributed by atoms with Gasteiger partial charge >= 0.3 is 0 Å². The van der Waals surface area contributed by atoms with Gasteiger partial charge < -0.3 is 10.6 Å². The first-order chi connectivity index (χ1) is 9.30. The maximum atomic E-state index is 6.07. The molecule has 2 aromatic rings. The molecule has 2 aromatic carbocycles. The SMILES string of the molecule is Cc1cc(C(C)(C)C)ccc1N(C)c1ccccc1N. The summed E-state index contributed by atoms with van der Waals surface area (Å²) in [5.74, 6) is 0. The van der Waals surface area contributed by atoms with E-state index in [4.69, 9.17) is 5.73 Å². The van der Waals surface area contributed by atoms with Gasteiger partial charge in [0.2, 0.25) is 0 Å². The van der Waals surface area contributed by atoms with E-state index in [9.17, 15) is 0 Å². The zero-order chi connectivity index (χ0) is 14.9. The van der Waals surface area contributed by atoms with Gasteiger partial charge in [-0.25, -0.2) is 0 Å². The molecule has 0 fully saturated rings. The van der Waals surface area contributed by atoms with Crippen molar-refractivity contribution in [1.82, 2.24) is 0 Å². The van der Waals surface area contributed by atoms with Gasteiger partial charge in [0, 0.05) is 12.7 Å². The van der Waals surface area contributed by atoms with Crippen LogP contribution in [0.25, 0.3) is 0 Å². The molecule has 2 heteroatoms. The summed E-state index contributed by atoms with van der Waals surface area (Å²) in [5.41, 5.74) is 11.9. The summed E-state index contributed by atoms with van der Waals surface area (Å²) in [7, 11) is 2.06. The molecular formula is C18H24N2. The molecule has 2 nitrogen and oxygen atoms in total. The Morgan fingerprint density at radius 1 is 0.950 bits per heavy atom. The van der Waals surface area contributed by atoms with E-state index < -0.39 is 0 Å². The maximum Gasteiger partial charge on any atom is 0.0641 e. The largest absolute Gasteiger partial charge is 0.397 e. The number of hydrogen-bond donors (Lipinski definition) is 1. The zero-order valence-corrected chi connectivity index (χ0v) is 13.1. The second-order valence-electron chi connectivity index (χ2n) is 6.37. The highest BCUT2D eigenvalue weighted by Crippen LogP contribution is 2.33. The molecule has 0 radical (unpaired) electrons. The third-order valence-electron chi connectivity index (χ3n) is 3.72. The number of aryl methyl sites for hydroxylation is 1. The molecule has 20 heavy (non-hydrogen) atoms. The van der Waals surface area contributed by atoms with Crippen molar-refractivity contribution in [2.75, 3.05) is 17.7 Å². The van der Waals surface area contributed by atoms with Crippen molar-refractivity contribution in [3.63, 3.8) is 0 Å². The summed E-state index contributed by atoms with van der Waals surface area (Å²) in [6, 6.07) is 14.6. The normalized spacial score (nSPS) is 11.4. The molecule has 0 aliphatic heterocycles. The average Bonchev–Trinajstić information content (AvgIpc) is 2.37. The van der Waals surface area contributed by atoms with Crippen molar-refractivity contribution in [1.29, 1.82) is 0 Å². The molecule has 0 aliphatic carbocycles. The number of nitrogen functional groups attached to an aromatic ring is 1. The van der Waals surface area contributed by atoms with E-state index in [2.05, 4.69) is 57.8 Å². The Morgan fingerprint density at radius 2 is 1.60 bits per heavy atom. The van der Waals surface area contributed by atoms with Crippen LogP contribution in [-0.2, 0) is 5.41 Å². The maximum absolute atomic E-state index is 6.07. The van der Waals surface area contributed by atoms with Crippen LogP contribution in [0.4, 0.5) is 17.1 Å². The Labute approximate surface area is 122 Å². The Bertz CT molecular complexity index is 609. The lowest BCUT2D eigenvalue weighted by Gasteiger charge is -2.26. The van der Waals surface area contributed by atoms with Crippen LogP contribution in [0.1, 0.15) is 31.9 Å². The first-order valence-corrected chi connectivity index (χ1v) is 7.00. The predicted molar refractivity (Wildman–Crippen MR) is 88.8 cm³/mol. The molecule has 2 rings (SSSR count). The minimum absolute atomic E-state index is 0.174. The van der Waals surface area contributed by atoms with E-state index in [1.165, 1.54) is 16.8 Å². The number of hydrogen-bond acceptors (Lipinski definition) is 2. The van der Waals surface area contributed by atoms with Gasteiger partial charge in [0.1, 0.15) is 0 Å². The van der Waals surface area contributed by atoms with Crippen molar-refractivity contribution < 1.29 is 0 Å². The zero-order valence-electron chi connectivity index (χ0n) is 13.1. The molecule has 0 aromatic heterocycles. The van der Waals surface area contributed by atoms with Gasteiger partial charge in [0.05, 0.1) is 11.4 Å². The highest BCUT2D eigenvalue weighted by Gasteiger charge is 2.16. The second kappa shape index (κ2) is 5.20. The third kappa shape index (κ3) is 2.79. The van der Waals surface area contributed by atoms with Gasteiger partial charge in [0.15, 0.2) is 0 Å². The molecule has 0 amide bonds. The molecule has 0 saturated carbocycles. The molecule has 0 atom stereocenters. The highest BCUT2D eigenvalue weighted by molar-refractivity contribution is 5.75. The molecule has 0 aliphatic rings. The highest BCUT2D eigenvalue weighted by atomic mass is 15.1. The van der Waals surface area contributed by atoms with E-state index in [-0.39, 0.29) is 5.41 Å². The van der Waals surface area contributed by atoms with Gasteiger partial charge in [-0.3, -0.25) is 0 Å². The van der Waals surface area contributed by atoms with Crippen molar-refractivity contribution >= 4 is 17.1 Å². The Hall–Kier alpha value is -1.96. The predicted octanol–water partition coefficient (Wildman–Crippen LogP) is 4.64. The summed E-state index contributed by atoms with van der Waals surface area (Å²) >= 11 is 0. The summed E-state index contributed by atoms with van der Waals surface area (Å²) in [5, 5.41) is 0. The van der Waals surface area contributed by atoms with Gasteiger partial charge in [-0.15, -0.1) is 0 Å². The molecule has 2 N–H and O–H groups in total. The van der Waals surface area contributed by atoms with Crippen LogP contribution in [0.2, 0.25) is 0 Å². The molecule has 106 valence electrons. The van der Waals surface area contributed by atoms with Crippen LogP contribution in [0.5, 0.6) is 0 Å². The molecule has 0 spiro atoms. The first kappa shape index (κ1) is 14.4. The standard InChI is InChI=1S/C18H24N2/c1-13-12-14(18(2,3)4)10-11-16(13)20(5)17-9-7-6-8-15(17)19/h6-12H,19H2,1-5H3. The number of rotatable bonds is 2. The van der Waals surface area contributed by atoms with Crippen molar-refractivity contribution in [3.8, 4) is 0 Å². The van der Waals surface area contributed by atoms with Gasteiger partial charge in [0.25, 0.3) is 0 Å². The number of para-hydroxylation sites is 2. The lowest BCUT2D eigenvalue weighted by Crippen LogP contribution is -2.15. The van der Waals surface area contributed by atoms with Crippen molar-refractivity contribution in [2.45, 2.75) is 33.1 Å². The van der Waals surface area contributed by atoms with E-state index in [0.29, 0.717) is 0 Å². The van der Waals surface area contributed by atoms with E-state index >= 15 is 0 Å². The molecular weight excluding hydrogens is 244 g/mol. The number of benzene rings is 2. The topological polar surface area (TPSA) is 29.3 Å². The second-order valence-corrected chi connectivity index (χ2v) is 6.37. The fourth-order valence-electron chi connectivity index (χ4n) is 2.42. The van der Waals surface area contributed by atoms with Crippen LogP contribution in [-0.4, -0.2) is 7.05 Å². The summed E-state index contributed by atoms with van der Waals surface area (Å²) in [4.78, 5) is 2.15. The fourth-order valence-corrected chi connectivity index (χ4v) is 2.42. The van der Waals surface area contributed by atoms with Gasteiger partial charge in [-0.1, -0.05) is 45.0 Å². The van der Waals surface area contributed by atoms with Crippen molar-refractivity contribution in [3.05, 3.63) is 53.6 Å². The first-order valence-electron chi connectivity index (χ1n) is 7.00. The molecule has 0 heterocycles. The third-order valence-corrected chi connectivity index (χ3v) is 3.72. The minimum atomic E-state index is 0.174. The monoisotopic (exact) mass is 268 g/mol. The van der Waals surface area contributed by atoms with E-state index in [0.717, 1.165) is 11.4 Å². The minimum Gasteiger partial charge on any atom is -0.397 e. The Kier molecular flexibility index (Phi) is 3.76. The Balaban J connectivity index is 2.42. The van der Waals surface area contributed by atoms with Crippen molar-refractivity contribution in [2.24, 2.45) is 0 Å². The average molecular weight is 268 g/mol. The van der Waals surface area contributed by atoms with Gasteiger partial charge in [-0.05, 0) is 41.7 Å².